The number of hydrogen-bond donors (Lipinski definition) is 2. The molecule has 0 radical (unpaired) electrons. The van der Waals surface area contributed by atoms with Crippen molar-refractivity contribution in [3.8, 4) is 5.88 Å². The quantitative estimate of drug-likeness (QED) is 0.426. The number of halogens is 1. The maximum Gasteiger partial charge on any atom is 0.213 e. The SMILES string of the molecule is CCCNC(=NCc1ccnc(OCC)c1)NCC.I. The summed E-state index contributed by atoms with van der Waals surface area (Å²) in [6.45, 7) is 9.16. The molecule has 2 N–H and O–H groups in total. The molecule has 0 unspecified atom stereocenters. The van der Waals surface area contributed by atoms with Crippen molar-refractivity contribution in [1.82, 2.24) is 15.6 Å². The number of pyridine rings is 1. The van der Waals surface area contributed by atoms with Gasteiger partial charge in [-0.2, -0.15) is 0 Å². The Kier molecular flexibility index (Phi) is 11.1. The monoisotopic (exact) mass is 392 g/mol. The van der Waals surface area contributed by atoms with Gasteiger partial charge < -0.3 is 15.4 Å². The number of nitrogens with zero attached hydrogens (tertiary/aromatic N) is 2. The molecule has 0 aliphatic carbocycles. The molecule has 1 heterocycles. The predicted octanol–water partition coefficient (Wildman–Crippen LogP) is 2.56. The summed E-state index contributed by atoms with van der Waals surface area (Å²) in [4.78, 5) is 8.67. The summed E-state index contributed by atoms with van der Waals surface area (Å²) in [5, 5.41) is 6.49. The Morgan fingerprint density at radius 2 is 2.10 bits per heavy atom. The van der Waals surface area contributed by atoms with E-state index < -0.39 is 0 Å². The molecule has 1 aromatic rings. The highest BCUT2D eigenvalue weighted by Crippen LogP contribution is 2.10. The molecule has 0 atom stereocenters. The van der Waals surface area contributed by atoms with Crippen molar-refractivity contribution >= 4 is 29.9 Å². The van der Waals surface area contributed by atoms with Crippen LogP contribution in [0.5, 0.6) is 5.88 Å². The maximum absolute atomic E-state index is 5.37. The summed E-state index contributed by atoms with van der Waals surface area (Å²) < 4.78 is 5.37. The van der Waals surface area contributed by atoms with Gasteiger partial charge in [0, 0.05) is 25.4 Å². The highest BCUT2D eigenvalue weighted by Gasteiger charge is 1.99. The molecule has 0 bridgehead atoms. The normalized spacial score (nSPS) is 10.7. The maximum atomic E-state index is 5.37. The van der Waals surface area contributed by atoms with Gasteiger partial charge in [0.25, 0.3) is 0 Å². The number of nitrogens with one attached hydrogen (secondary N) is 2. The van der Waals surface area contributed by atoms with Crippen LogP contribution in [0.15, 0.2) is 23.3 Å². The molecule has 0 aliphatic heterocycles. The zero-order valence-corrected chi connectivity index (χ0v) is 14.8. The van der Waals surface area contributed by atoms with E-state index in [0.717, 1.165) is 31.0 Å². The Labute approximate surface area is 138 Å². The molecule has 6 heteroatoms. The molecule has 0 aliphatic rings. The number of aliphatic imine (C=N–C) groups is 1. The fraction of sp³-hybridized carbons (Fsp3) is 0.571. The Bertz CT molecular complexity index is 399. The molecular weight excluding hydrogens is 367 g/mol. The van der Waals surface area contributed by atoms with Gasteiger partial charge in [-0.3, -0.25) is 0 Å². The lowest BCUT2D eigenvalue weighted by Gasteiger charge is -2.10. The van der Waals surface area contributed by atoms with Crippen LogP contribution < -0.4 is 15.4 Å². The van der Waals surface area contributed by atoms with Crippen molar-refractivity contribution in [2.45, 2.75) is 33.7 Å². The number of hydrogen-bond acceptors (Lipinski definition) is 3. The summed E-state index contributed by atoms with van der Waals surface area (Å²) in [6.07, 6.45) is 2.83. The van der Waals surface area contributed by atoms with Crippen LogP contribution in [0.2, 0.25) is 0 Å². The van der Waals surface area contributed by atoms with Gasteiger partial charge in [0.15, 0.2) is 5.96 Å². The third-order valence-electron chi connectivity index (χ3n) is 2.40. The van der Waals surface area contributed by atoms with Gasteiger partial charge in [-0.15, -0.1) is 24.0 Å². The fourth-order valence-corrected chi connectivity index (χ4v) is 1.53. The van der Waals surface area contributed by atoms with Crippen LogP contribution in [-0.4, -0.2) is 30.6 Å². The summed E-state index contributed by atoms with van der Waals surface area (Å²) >= 11 is 0. The number of ether oxygens (including phenoxy) is 1. The lowest BCUT2D eigenvalue weighted by Crippen LogP contribution is -2.37. The van der Waals surface area contributed by atoms with Crippen molar-refractivity contribution in [2.75, 3.05) is 19.7 Å². The van der Waals surface area contributed by atoms with Crippen LogP contribution in [0.1, 0.15) is 32.8 Å². The summed E-state index contributed by atoms with van der Waals surface area (Å²) in [7, 11) is 0. The van der Waals surface area contributed by atoms with E-state index in [9.17, 15) is 0 Å². The van der Waals surface area contributed by atoms with E-state index in [1.807, 2.05) is 19.1 Å². The van der Waals surface area contributed by atoms with E-state index in [2.05, 4.69) is 34.5 Å². The molecule has 0 saturated carbocycles. The predicted molar refractivity (Wildman–Crippen MR) is 93.9 cm³/mol. The Hall–Kier alpha value is -1.05. The van der Waals surface area contributed by atoms with Crippen LogP contribution in [0.4, 0.5) is 0 Å². The van der Waals surface area contributed by atoms with Crippen molar-refractivity contribution in [3.63, 3.8) is 0 Å². The lowest BCUT2D eigenvalue weighted by atomic mass is 10.3. The third-order valence-corrected chi connectivity index (χ3v) is 2.40. The number of aromatic nitrogens is 1. The second-order valence-corrected chi connectivity index (χ2v) is 4.06. The van der Waals surface area contributed by atoms with E-state index in [4.69, 9.17) is 4.74 Å². The van der Waals surface area contributed by atoms with Crippen LogP contribution in [0.25, 0.3) is 0 Å². The second-order valence-electron chi connectivity index (χ2n) is 4.06. The first-order chi connectivity index (χ1) is 9.30. The van der Waals surface area contributed by atoms with Gasteiger partial charge in [0.2, 0.25) is 5.88 Å². The van der Waals surface area contributed by atoms with Crippen molar-refractivity contribution in [3.05, 3.63) is 23.9 Å². The molecule has 1 rings (SSSR count). The van der Waals surface area contributed by atoms with Gasteiger partial charge in [-0.05, 0) is 31.9 Å². The molecule has 114 valence electrons. The first-order valence-corrected chi connectivity index (χ1v) is 6.90. The summed E-state index contributed by atoms with van der Waals surface area (Å²) in [5.41, 5.74) is 1.09. The first kappa shape index (κ1) is 18.9. The third kappa shape index (κ3) is 7.52. The molecule has 0 amide bonds. The van der Waals surface area contributed by atoms with Crippen LogP contribution in [-0.2, 0) is 6.54 Å². The molecule has 1 aromatic heterocycles. The Morgan fingerprint density at radius 3 is 2.75 bits per heavy atom. The second kappa shape index (κ2) is 11.7. The molecular formula is C14H25IN4O. The molecule has 0 fully saturated rings. The van der Waals surface area contributed by atoms with Gasteiger partial charge in [0.1, 0.15) is 0 Å². The van der Waals surface area contributed by atoms with Gasteiger partial charge >= 0.3 is 0 Å². The highest BCUT2D eigenvalue weighted by atomic mass is 127. The molecule has 0 spiro atoms. The Morgan fingerprint density at radius 1 is 1.30 bits per heavy atom. The molecule has 20 heavy (non-hydrogen) atoms. The van der Waals surface area contributed by atoms with E-state index in [1.54, 1.807) is 6.20 Å². The average molecular weight is 392 g/mol. The molecule has 0 aromatic carbocycles. The lowest BCUT2D eigenvalue weighted by molar-refractivity contribution is 0.326. The number of rotatable bonds is 7. The minimum atomic E-state index is 0. The number of guanidine groups is 1. The van der Waals surface area contributed by atoms with Crippen LogP contribution in [0, 0.1) is 0 Å². The van der Waals surface area contributed by atoms with Gasteiger partial charge in [0.05, 0.1) is 13.2 Å². The van der Waals surface area contributed by atoms with E-state index in [0.29, 0.717) is 19.0 Å². The fourth-order valence-electron chi connectivity index (χ4n) is 1.53. The van der Waals surface area contributed by atoms with Gasteiger partial charge in [-0.25, -0.2) is 9.98 Å². The summed E-state index contributed by atoms with van der Waals surface area (Å²) in [5.74, 6) is 1.50. The largest absolute Gasteiger partial charge is 0.478 e. The molecule has 0 saturated heterocycles. The minimum absolute atomic E-state index is 0. The van der Waals surface area contributed by atoms with Crippen molar-refractivity contribution < 1.29 is 4.74 Å². The Balaban J connectivity index is 0.00000361. The molecule has 5 nitrogen and oxygen atoms in total. The van der Waals surface area contributed by atoms with E-state index in [-0.39, 0.29) is 24.0 Å². The van der Waals surface area contributed by atoms with Crippen molar-refractivity contribution in [1.29, 1.82) is 0 Å². The summed E-state index contributed by atoms with van der Waals surface area (Å²) in [6, 6.07) is 3.88. The van der Waals surface area contributed by atoms with Crippen LogP contribution >= 0.6 is 24.0 Å². The minimum Gasteiger partial charge on any atom is -0.478 e. The topological polar surface area (TPSA) is 58.5 Å². The highest BCUT2D eigenvalue weighted by molar-refractivity contribution is 14.0. The van der Waals surface area contributed by atoms with E-state index in [1.165, 1.54) is 0 Å². The first-order valence-electron chi connectivity index (χ1n) is 6.90. The van der Waals surface area contributed by atoms with Crippen molar-refractivity contribution in [2.24, 2.45) is 4.99 Å². The van der Waals surface area contributed by atoms with E-state index >= 15 is 0 Å². The zero-order chi connectivity index (χ0) is 13.9. The smallest absolute Gasteiger partial charge is 0.213 e. The van der Waals surface area contributed by atoms with Crippen LogP contribution in [0.3, 0.4) is 0 Å². The average Bonchev–Trinajstić information content (AvgIpc) is 2.43. The zero-order valence-electron chi connectivity index (χ0n) is 12.5. The standard InChI is InChI=1S/C14H24N4O.HI/c1-4-8-17-14(15-5-2)18-11-12-7-9-16-13(10-12)19-6-3;/h7,9-10H,4-6,8,11H2,1-3H3,(H2,15,17,18);1H. The van der Waals surface area contributed by atoms with Gasteiger partial charge in [-0.1, -0.05) is 6.92 Å².